The van der Waals surface area contributed by atoms with Crippen LogP contribution in [0.3, 0.4) is 0 Å². The van der Waals surface area contributed by atoms with Crippen molar-refractivity contribution in [2.24, 2.45) is 0 Å². The highest BCUT2D eigenvalue weighted by Crippen LogP contribution is 2.34. The Kier molecular flexibility index (Phi) is 4.86. The fourth-order valence-corrected chi connectivity index (χ4v) is 3.55. The quantitative estimate of drug-likeness (QED) is 0.630. The van der Waals surface area contributed by atoms with Gasteiger partial charge in [0.15, 0.2) is 6.17 Å². The van der Waals surface area contributed by atoms with E-state index in [1.54, 1.807) is 49.6 Å². The van der Waals surface area contributed by atoms with E-state index in [1.807, 2.05) is 6.07 Å². The van der Waals surface area contributed by atoms with Gasteiger partial charge in [-0.2, -0.15) is 0 Å². The second kappa shape index (κ2) is 7.46. The van der Waals surface area contributed by atoms with Gasteiger partial charge in [-0.25, -0.2) is 4.39 Å². The monoisotopic (exact) mass is 379 g/mol. The molecule has 4 rings (SSSR count). The Morgan fingerprint density at radius 2 is 1.86 bits per heavy atom. The molecular weight excluding hydrogens is 357 g/mol. The molecule has 1 unspecified atom stereocenters. The molecule has 1 saturated carbocycles. The van der Waals surface area contributed by atoms with E-state index in [-0.39, 0.29) is 17.9 Å². The molecule has 1 atom stereocenters. The van der Waals surface area contributed by atoms with E-state index >= 15 is 4.39 Å². The molecule has 0 spiro atoms. The minimum absolute atomic E-state index is 0.175. The van der Waals surface area contributed by atoms with Crippen LogP contribution < -0.4 is 10.6 Å². The molecule has 1 heterocycles. The van der Waals surface area contributed by atoms with Crippen molar-refractivity contribution in [2.75, 3.05) is 7.05 Å². The summed E-state index contributed by atoms with van der Waals surface area (Å²) in [7, 11) is 1.55. The van der Waals surface area contributed by atoms with E-state index in [9.17, 15) is 9.59 Å². The molecule has 144 valence electrons. The standard InChI is InChI=1S/C22H22FN3O2/c1-24-21(27)14-10-8-13(9-11-14)20(23)16-6-3-7-18-19(16)17(12-25-18)22(28)26-15-4-2-5-15/h3,6-12,15,20,25H,2,4-5H2,1H3,(H,24,27)(H,26,28). The number of aromatic nitrogens is 1. The van der Waals surface area contributed by atoms with Crippen molar-refractivity contribution in [1.29, 1.82) is 0 Å². The van der Waals surface area contributed by atoms with Crippen LogP contribution in [0.15, 0.2) is 48.7 Å². The lowest BCUT2D eigenvalue weighted by molar-refractivity contribution is 0.0917. The van der Waals surface area contributed by atoms with Gasteiger partial charge in [-0.1, -0.05) is 24.3 Å². The molecule has 1 aliphatic carbocycles. The molecule has 1 aromatic heterocycles. The van der Waals surface area contributed by atoms with Crippen LogP contribution in [0.5, 0.6) is 0 Å². The number of hydrogen-bond acceptors (Lipinski definition) is 2. The van der Waals surface area contributed by atoms with Gasteiger partial charge in [0, 0.05) is 41.3 Å². The minimum Gasteiger partial charge on any atom is -0.360 e. The number of aromatic amines is 1. The average molecular weight is 379 g/mol. The third kappa shape index (κ3) is 3.26. The summed E-state index contributed by atoms with van der Waals surface area (Å²) in [5.74, 6) is -0.393. The molecular formula is C22H22FN3O2. The first-order valence-electron chi connectivity index (χ1n) is 9.45. The Bertz CT molecular complexity index is 1020. The fourth-order valence-electron chi connectivity index (χ4n) is 3.55. The van der Waals surface area contributed by atoms with Gasteiger partial charge in [-0.05, 0) is 43.0 Å². The second-order valence-corrected chi connectivity index (χ2v) is 7.14. The molecule has 1 fully saturated rings. The number of benzene rings is 2. The maximum atomic E-state index is 15.4. The summed E-state index contributed by atoms with van der Waals surface area (Å²) in [5, 5.41) is 6.16. The van der Waals surface area contributed by atoms with Crippen LogP contribution in [0.1, 0.15) is 57.3 Å². The summed E-state index contributed by atoms with van der Waals surface area (Å²) in [4.78, 5) is 27.5. The Morgan fingerprint density at radius 1 is 1.11 bits per heavy atom. The van der Waals surface area contributed by atoms with E-state index in [2.05, 4.69) is 15.6 Å². The van der Waals surface area contributed by atoms with E-state index < -0.39 is 6.17 Å². The van der Waals surface area contributed by atoms with Gasteiger partial charge >= 0.3 is 0 Å². The highest BCUT2D eigenvalue weighted by Gasteiger charge is 2.24. The Labute approximate surface area is 162 Å². The summed E-state index contributed by atoms with van der Waals surface area (Å²) >= 11 is 0. The van der Waals surface area contributed by atoms with Gasteiger partial charge < -0.3 is 15.6 Å². The van der Waals surface area contributed by atoms with E-state index in [4.69, 9.17) is 0 Å². The molecule has 6 heteroatoms. The van der Waals surface area contributed by atoms with Gasteiger partial charge in [0.1, 0.15) is 0 Å². The number of halogens is 1. The van der Waals surface area contributed by atoms with Gasteiger partial charge in [-0.3, -0.25) is 9.59 Å². The summed E-state index contributed by atoms with van der Waals surface area (Å²) in [6, 6.07) is 11.9. The van der Waals surface area contributed by atoms with Crippen LogP contribution in [0, 0.1) is 0 Å². The highest BCUT2D eigenvalue weighted by atomic mass is 19.1. The summed E-state index contributed by atoms with van der Waals surface area (Å²) in [5.41, 5.74) is 2.53. The first kappa shape index (κ1) is 18.2. The molecule has 1 aliphatic rings. The predicted octanol–water partition coefficient (Wildman–Crippen LogP) is 3.87. The lowest BCUT2D eigenvalue weighted by atomic mass is 9.92. The van der Waals surface area contributed by atoms with E-state index in [0.717, 1.165) is 24.8 Å². The smallest absolute Gasteiger partial charge is 0.253 e. The predicted molar refractivity (Wildman–Crippen MR) is 106 cm³/mol. The number of H-pyrrole nitrogens is 1. The van der Waals surface area contributed by atoms with Gasteiger partial charge in [0.05, 0.1) is 5.56 Å². The zero-order valence-corrected chi connectivity index (χ0v) is 15.6. The number of amides is 2. The first-order valence-corrected chi connectivity index (χ1v) is 9.45. The van der Waals surface area contributed by atoms with E-state index in [1.165, 1.54) is 0 Å². The maximum absolute atomic E-state index is 15.4. The fraction of sp³-hybridized carbons (Fsp3) is 0.273. The Hall–Kier alpha value is -3.15. The SMILES string of the molecule is CNC(=O)c1ccc(C(F)c2cccc3[nH]cc(C(=O)NC4CCC4)c23)cc1. The Morgan fingerprint density at radius 3 is 2.50 bits per heavy atom. The topological polar surface area (TPSA) is 74.0 Å². The summed E-state index contributed by atoms with van der Waals surface area (Å²) < 4.78 is 15.4. The molecule has 5 nitrogen and oxygen atoms in total. The molecule has 2 aromatic carbocycles. The number of fused-ring (bicyclic) bond motifs is 1. The van der Waals surface area contributed by atoms with Gasteiger partial charge in [0.2, 0.25) is 0 Å². The van der Waals surface area contributed by atoms with Gasteiger partial charge in [-0.15, -0.1) is 0 Å². The maximum Gasteiger partial charge on any atom is 0.253 e. The van der Waals surface area contributed by atoms with Crippen LogP contribution in [-0.2, 0) is 0 Å². The largest absolute Gasteiger partial charge is 0.360 e. The number of carbonyl (C=O) groups excluding carboxylic acids is 2. The molecule has 0 saturated heterocycles. The minimum atomic E-state index is -1.41. The summed E-state index contributed by atoms with van der Waals surface area (Å²) in [6.07, 6.45) is 3.34. The second-order valence-electron chi connectivity index (χ2n) is 7.14. The number of carbonyl (C=O) groups is 2. The molecule has 2 amide bonds. The normalized spacial score (nSPS) is 15.1. The molecule has 28 heavy (non-hydrogen) atoms. The molecule has 3 N–H and O–H groups in total. The van der Waals surface area contributed by atoms with Crippen molar-refractivity contribution in [3.63, 3.8) is 0 Å². The van der Waals surface area contributed by atoms with Crippen LogP contribution >= 0.6 is 0 Å². The lowest BCUT2D eigenvalue weighted by Crippen LogP contribution is -2.39. The van der Waals surface area contributed by atoms with Crippen LogP contribution in [-0.4, -0.2) is 29.9 Å². The average Bonchev–Trinajstić information content (AvgIpc) is 3.14. The lowest BCUT2D eigenvalue weighted by Gasteiger charge is -2.26. The van der Waals surface area contributed by atoms with Crippen molar-refractivity contribution < 1.29 is 14.0 Å². The molecule has 3 aromatic rings. The molecule has 0 radical (unpaired) electrons. The third-order valence-electron chi connectivity index (χ3n) is 5.39. The van der Waals surface area contributed by atoms with Gasteiger partial charge in [0.25, 0.3) is 11.8 Å². The van der Waals surface area contributed by atoms with Crippen LogP contribution in [0.25, 0.3) is 10.9 Å². The zero-order chi connectivity index (χ0) is 19.7. The number of rotatable bonds is 5. The number of hydrogen-bond donors (Lipinski definition) is 3. The number of alkyl halides is 1. The van der Waals surface area contributed by atoms with Crippen molar-refractivity contribution in [1.82, 2.24) is 15.6 Å². The molecule has 0 aliphatic heterocycles. The summed E-state index contributed by atoms with van der Waals surface area (Å²) in [6.45, 7) is 0. The highest BCUT2D eigenvalue weighted by molar-refractivity contribution is 6.08. The van der Waals surface area contributed by atoms with Crippen molar-refractivity contribution in [3.05, 3.63) is 70.9 Å². The van der Waals surface area contributed by atoms with Crippen molar-refractivity contribution in [3.8, 4) is 0 Å². The first-order chi connectivity index (χ1) is 13.6. The zero-order valence-electron chi connectivity index (χ0n) is 15.6. The van der Waals surface area contributed by atoms with Crippen molar-refractivity contribution >= 4 is 22.7 Å². The van der Waals surface area contributed by atoms with E-state index in [0.29, 0.717) is 27.6 Å². The number of nitrogens with one attached hydrogen (secondary N) is 3. The van der Waals surface area contributed by atoms with Crippen molar-refractivity contribution in [2.45, 2.75) is 31.5 Å². The third-order valence-corrected chi connectivity index (χ3v) is 5.39. The Balaban J connectivity index is 1.68. The van der Waals surface area contributed by atoms with Crippen LogP contribution in [0.4, 0.5) is 4.39 Å². The molecule has 0 bridgehead atoms. The van der Waals surface area contributed by atoms with Crippen LogP contribution in [0.2, 0.25) is 0 Å².